The van der Waals surface area contributed by atoms with E-state index in [1.165, 1.54) is 20.0 Å². The monoisotopic (exact) mass is 268 g/mol. The second-order valence-electron chi connectivity index (χ2n) is 6.17. The molecule has 2 aliphatic rings. The number of carbonyl (C=O) groups is 2. The van der Waals surface area contributed by atoms with Crippen molar-refractivity contribution in [3.05, 3.63) is 0 Å². The Morgan fingerprint density at radius 1 is 1.42 bits per heavy atom. The number of carbonyl (C=O) groups excluding carboxylic acids is 2. The molecule has 0 aromatic heterocycles. The average molecular weight is 268 g/mol. The van der Waals surface area contributed by atoms with Crippen molar-refractivity contribution < 1.29 is 14.3 Å². The lowest BCUT2D eigenvalue weighted by Crippen LogP contribution is -2.67. The van der Waals surface area contributed by atoms with Gasteiger partial charge in [-0.2, -0.15) is 0 Å². The van der Waals surface area contributed by atoms with E-state index in [9.17, 15) is 9.59 Å². The first-order valence-corrected chi connectivity index (χ1v) is 7.09. The molecule has 0 bridgehead atoms. The van der Waals surface area contributed by atoms with Crippen molar-refractivity contribution in [3.8, 4) is 0 Å². The van der Waals surface area contributed by atoms with Crippen LogP contribution in [0.2, 0.25) is 0 Å². The Labute approximate surface area is 114 Å². The summed E-state index contributed by atoms with van der Waals surface area (Å²) in [5, 5.41) is 3.19. The molecule has 0 radical (unpaired) electrons. The van der Waals surface area contributed by atoms with Gasteiger partial charge in [0.1, 0.15) is 0 Å². The molecular weight excluding hydrogens is 244 g/mol. The molecule has 0 aromatic carbocycles. The topological polar surface area (TPSA) is 58.6 Å². The maximum atomic E-state index is 12.6. The zero-order valence-corrected chi connectivity index (χ0v) is 12.1. The number of rotatable bonds is 3. The van der Waals surface area contributed by atoms with E-state index in [4.69, 9.17) is 0 Å². The summed E-state index contributed by atoms with van der Waals surface area (Å²) in [7, 11) is 1.36. The third kappa shape index (κ3) is 2.91. The third-order valence-electron chi connectivity index (χ3n) is 4.26. The van der Waals surface area contributed by atoms with Gasteiger partial charge in [-0.05, 0) is 26.7 Å². The highest BCUT2D eigenvalue weighted by atomic mass is 16.5. The molecule has 1 atom stereocenters. The summed E-state index contributed by atoms with van der Waals surface area (Å²) in [6, 6.07) is -0.0918. The molecule has 2 fully saturated rings. The highest BCUT2D eigenvalue weighted by molar-refractivity contribution is 5.88. The van der Waals surface area contributed by atoms with E-state index in [1.807, 2.05) is 4.90 Å². The summed E-state index contributed by atoms with van der Waals surface area (Å²) in [6.45, 7) is 4.89. The van der Waals surface area contributed by atoms with Gasteiger partial charge in [0.05, 0.1) is 25.1 Å². The van der Waals surface area contributed by atoms with Gasteiger partial charge in [-0.15, -0.1) is 0 Å². The Morgan fingerprint density at radius 2 is 2.05 bits per heavy atom. The van der Waals surface area contributed by atoms with Crippen LogP contribution in [-0.4, -0.2) is 48.1 Å². The van der Waals surface area contributed by atoms with Gasteiger partial charge in [-0.3, -0.25) is 9.59 Å². The van der Waals surface area contributed by atoms with Crippen molar-refractivity contribution in [1.82, 2.24) is 10.2 Å². The minimum absolute atomic E-state index is 0.0496. The Morgan fingerprint density at radius 3 is 2.63 bits per heavy atom. The number of nitrogens with one attached hydrogen (secondary N) is 1. The Balaban J connectivity index is 2.12. The predicted molar refractivity (Wildman–Crippen MR) is 71.6 cm³/mol. The average Bonchev–Trinajstić information content (AvgIpc) is 2.86. The fraction of sp³-hybridized carbons (Fsp3) is 0.857. The van der Waals surface area contributed by atoms with Crippen molar-refractivity contribution >= 4 is 11.9 Å². The van der Waals surface area contributed by atoms with Gasteiger partial charge in [0.25, 0.3) is 0 Å². The lowest BCUT2D eigenvalue weighted by atomic mass is 9.92. The van der Waals surface area contributed by atoms with Crippen LogP contribution in [0.25, 0.3) is 0 Å². The van der Waals surface area contributed by atoms with Crippen LogP contribution in [0.1, 0.15) is 46.0 Å². The zero-order chi connectivity index (χ0) is 14.0. The number of amides is 1. The Kier molecular flexibility index (Phi) is 4.13. The van der Waals surface area contributed by atoms with Crippen LogP contribution in [0.15, 0.2) is 0 Å². The Hall–Kier alpha value is -1.10. The minimum atomic E-state index is -0.430. The van der Waals surface area contributed by atoms with E-state index < -0.39 is 6.04 Å². The lowest BCUT2D eigenvalue weighted by Gasteiger charge is -2.48. The molecule has 5 heteroatoms. The number of piperazine rings is 1. The largest absolute Gasteiger partial charge is 0.469 e. The van der Waals surface area contributed by atoms with E-state index >= 15 is 0 Å². The number of nitrogens with zero attached hydrogens (tertiary/aromatic N) is 1. The smallest absolute Gasteiger partial charge is 0.307 e. The van der Waals surface area contributed by atoms with Crippen LogP contribution in [0.4, 0.5) is 0 Å². The van der Waals surface area contributed by atoms with Crippen LogP contribution >= 0.6 is 0 Å². The van der Waals surface area contributed by atoms with Crippen molar-refractivity contribution in [2.75, 3.05) is 13.7 Å². The molecule has 108 valence electrons. The number of esters is 1. The summed E-state index contributed by atoms with van der Waals surface area (Å²) in [5.41, 5.74) is -0.182. The zero-order valence-electron chi connectivity index (χ0n) is 12.1. The molecule has 5 nitrogen and oxygen atoms in total. The van der Waals surface area contributed by atoms with Gasteiger partial charge in [0.15, 0.2) is 0 Å². The maximum absolute atomic E-state index is 12.6. The number of hydrogen-bond acceptors (Lipinski definition) is 4. The molecule has 19 heavy (non-hydrogen) atoms. The van der Waals surface area contributed by atoms with Gasteiger partial charge in [-0.1, -0.05) is 12.8 Å². The lowest BCUT2D eigenvalue weighted by molar-refractivity contribution is -0.152. The summed E-state index contributed by atoms with van der Waals surface area (Å²) in [5.74, 6) is -0.287. The highest BCUT2D eigenvalue weighted by Crippen LogP contribution is 2.32. The molecule has 2 rings (SSSR count). The highest BCUT2D eigenvalue weighted by Gasteiger charge is 2.44. The van der Waals surface area contributed by atoms with Gasteiger partial charge in [0, 0.05) is 12.6 Å². The second-order valence-corrected chi connectivity index (χ2v) is 6.17. The van der Waals surface area contributed by atoms with Crippen molar-refractivity contribution in [2.45, 2.75) is 63.6 Å². The molecule has 0 aromatic rings. The van der Waals surface area contributed by atoms with Crippen LogP contribution in [-0.2, 0) is 14.3 Å². The van der Waals surface area contributed by atoms with Crippen molar-refractivity contribution in [2.24, 2.45) is 0 Å². The number of methoxy groups -OCH3 is 1. The second kappa shape index (κ2) is 5.49. The third-order valence-corrected chi connectivity index (χ3v) is 4.26. The maximum Gasteiger partial charge on any atom is 0.307 e. The molecule has 1 N–H and O–H groups in total. The van der Waals surface area contributed by atoms with Gasteiger partial charge < -0.3 is 15.0 Å². The molecular formula is C14H24N2O3. The molecule has 1 saturated heterocycles. The summed E-state index contributed by atoms with van der Waals surface area (Å²) >= 11 is 0. The van der Waals surface area contributed by atoms with Gasteiger partial charge in [-0.25, -0.2) is 0 Å². The SMILES string of the molecule is COC(=O)CC1NCC(C)(C)N(C2CCCC2)C1=O. The van der Waals surface area contributed by atoms with Crippen LogP contribution in [0.3, 0.4) is 0 Å². The first-order valence-electron chi connectivity index (χ1n) is 7.09. The fourth-order valence-corrected chi connectivity index (χ4v) is 3.26. The molecule has 1 heterocycles. The van der Waals surface area contributed by atoms with E-state index in [0.717, 1.165) is 19.4 Å². The summed E-state index contributed by atoms with van der Waals surface area (Å²) in [6.07, 6.45) is 4.67. The standard InChI is InChI=1S/C14H24N2O3/c1-14(2)9-15-11(8-12(17)19-3)13(18)16(14)10-6-4-5-7-10/h10-11,15H,4-9H2,1-3H3. The van der Waals surface area contributed by atoms with Crippen molar-refractivity contribution in [1.29, 1.82) is 0 Å². The normalized spacial score (nSPS) is 27.6. The van der Waals surface area contributed by atoms with Crippen LogP contribution in [0, 0.1) is 0 Å². The predicted octanol–water partition coefficient (Wildman–Crippen LogP) is 1.07. The van der Waals surface area contributed by atoms with Crippen molar-refractivity contribution in [3.63, 3.8) is 0 Å². The minimum Gasteiger partial charge on any atom is -0.469 e. The quantitative estimate of drug-likeness (QED) is 0.778. The fourth-order valence-electron chi connectivity index (χ4n) is 3.26. The number of hydrogen-bond donors (Lipinski definition) is 1. The molecule has 1 saturated carbocycles. The van der Waals surface area contributed by atoms with Crippen LogP contribution in [0.5, 0.6) is 0 Å². The van der Waals surface area contributed by atoms with E-state index in [1.54, 1.807) is 0 Å². The van der Waals surface area contributed by atoms with E-state index in [0.29, 0.717) is 6.04 Å². The molecule has 1 amide bonds. The van der Waals surface area contributed by atoms with E-state index in [-0.39, 0.29) is 23.8 Å². The molecule has 1 unspecified atom stereocenters. The van der Waals surface area contributed by atoms with Crippen LogP contribution < -0.4 is 5.32 Å². The first kappa shape index (κ1) is 14.3. The molecule has 0 spiro atoms. The molecule has 1 aliphatic heterocycles. The first-order chi connectivity index (χ1) is 8.95. The summed E-state index contributed by atoms with van der Waals surface area (Å²) < 4.78 is 4.66. The van der Waals surface area contributed by atoms with E-state index in [2.05, 4.69) is 23.9 Å². The Bertz CT molecular complexity index is 362. The van der Waals surface area contributed by atoms with Gasteiger partial charge in [0.2, 0.25) is 5.91 Å². The van der Waals surface area contributed by atoms with Gasteiger partial charge >= 0.3 is 5.97 Å². The molecule has 1 aliphatic carbocycles. The summed E-state index contributed by atoms with van der Waals surface area (Å²) in [4.78, 5) is 26.0. The number of ether oxygens (including phenoxy) is 1.